The Kier molecular flexibility index (Phi) is 6.19. The largest absolute Gasteiger partial charge is 0.490 e. The van der Waals surface area contributed by atoms with Crippen molar-refractivity contribution in [3.63, 3.8) is 0 Å². The van der Waals surface area contributed by atoms with Gasteiger partial charge in [-0.3, -0.25) is 9.69 Å². The van der Waals surface area contributed by atoms with Crippen LogP contribution in [0.2, 0.25) is 0 Å². The molecule has 32 heavy (non-hydrogen) atoms. The van der Waals surface area contributed by atoms with Crippen LogP contribution < -0.4 is 24.3 Å². The van der Waals surface area contributed by atoms with Crippen molar-refractivity contribution in [2.45, 2.75) is 32.9 Å². The Hall–Kier alpha value is -2.94. The molecule has 1 N–H and O–H groups in total. The molecular formula is C23H25BrN2O6. The molecule has 0 bridgehead atoms. The van der Waals surface area contributed by atoms with Crippen LogP contribution in [0.5, 0.6) is 23.0 Å². The second-order valence-electron chi connectivity index (χ2n) is 7.56. The molecule has 2 aromatic carbocycles. The quantitative estimate of drug-likeness (QED) is 0.573. The maximum absolute atomic E-state index is 13.4. The molecule has 0 aromatic heterocycles. The van der Waals surface area contributed by atoms with E-state index in [1.807, 2.05) is 13.8 Å². The van der Waals surface area contributed by atoms with Gasteiger partial charge in [-0.2, -0.15) is 0 Å². The van der Waals surface area contributed by atoms with Crippen LogP contribution in [-0.4, -0.2) is 43.3 Å². The number of ether oxygens (including phenoxy) is 4. The Morgan fingerprint density at radius 3 is 2.38 bits per heavy atom. The van der Waals surface area contributed by atoms with Crippen molar-refractivity contribution in [1.29, 1.82) is 0 Å². The van der Waals surface area contributed by atoms with E-state index in [1.54, 1.807) is 37.3 Å². The lowest BCUT2D eigenvalue weighted by molar-refractivity contribution is -0.131. The lowest BCUT2D eigenvalue weighted by Gasteiger charge is -2.25. The third kappa shape index (κ3) is 3.97. The average molecular weight is 505 g/mol. The number of benzene rings is 2. The number of fused-ring (bicyclic) bond motifs is 1. The van der Waals surface area contributed by atoms with E-state index in [1.165, 1.54) is 4.90 Å². The van der Waals surface area contributed by atoms with Crippen molar-refractivity contribution in [2.75, 3.05) is 26.4 Å². The molecule has 2 aromatic rings. The minimum absolute atomic E-state index is 0.0812. The molecule has 2 aliphatic heterocycles. The molecule has 0 saturated carbocycles. The van der Waals surface area contributed by atoms with Crippen LogP contribution in [0.4, 0.5) is 4.79 Å². The van der Waals surface area contributed by atoms with Crippen LogP contribution in [0.25, 0.3) is 0 Å². The topological polar surface area (TPSA) is 86.3 Å². The Labute approximate surface area is 194 Å². The van der Waals surface area contributed by atoms with Gasteiger partial charge in [-0.05, 0) is 56.2 Å². The number of halogens is 1. The third-order valence-corrected chi connectivity index (χ3v) is 6.17. The summed E-state index contributed by atoms with van der Waals surface area (Å²) >= 11 is 3.53. The van der Waals surface area contributed by atoms with Gasteiger partial charge in [0.2, 0.25) is 0 Å². The first-order chi connectivity index (χ1) is 15.4. The predicted octanol–water partition coefficient (Wildman–Crippen LogP) is 3.98. The summed E-state index contributed by atoms with van der Waals surface area (Å²) in [6.07, 6.45) is 0. The maximum atomic E-state index is 13.4. The molecule has 9 heteroatoms. The summed E-state index contributed by atoms with van der Waals surface area (Å²) in [6, 6.07) is 8.40. The van der Waals surface area contributed by atoms with Crippen molar-refractivity contribution in [3.8, 4) is 23.0 Å². The van der Waals surface area contributed by atoms with Crippen LogP contribution in [0, 0.1) is 0 Å². The molecule has 2 aliphatic rings. The first-order valence-corrected chi connectivity index (χ1v) is 11.3. The van der Waals surface area contributed by atoms with E-state index < -0.39 is 11.6 Å². The van der Waals surface area contributed by atoms with Gasteiger partial charge in [-0.1, -0.05) is 22.0 Å². The minimum Gasteiger partial charge on any atom is -0.490 e. The number of amides is 3. The Morgan fingerprint density at radius 1 is 1.03 bits per heavy atom. The second kappa shape index (κ2) is 8.90. The van der Waals surface area contributed by atoms with Crippen LogP contribution in [0.15, 0.2) is 34.8 Å². The number of rotatable bonds is 7. The van der Waals surface area contributed by atoms with Crippen molar-refractivity contribution in [2.24, 2.45) is 0 Å². The molecule has 1 fully saturated rings. The lowest BCUT2D eigenvalue weighted by Crippen LogP contribution is -2.41. The summed E-state index contributed by atoms with van der Waals surface area (Å²) in [7, 11) is 0. The van der Waals surface area contributed by atoms with E-state index in [0.717, 1.165) is 10.0 Å². The number of nitrogens with zero attached hydrogens (tertiary/aromatic N) is 1. The fourth-order valence-corrected chi connectivity index (χ4v) is 4.24. The smallest absolute Gasteiger partial charge is 0.325 e. The summed E-state index contributed by atoms with van der Waals surface area (Å²) in [5.74, 6) is 2.00. The number of imide groups is 1. The monoisotopic (exact) mass is 504 g/mol. The van der Waals surface area contributed by atoms with E-state index in [-0.39, 0.29) is 12.5 Å². The van der Waals surface area contributed by atoms with Crippen LogP contribution in [0.3, 0.4) is 0 Å². The van der Waals surface area contributed by atoms with E-state index in [4.69, 9.17) is 18.9 Å². The zero-order valence-electron chi connectivity index (χ0n) is 18.2. The first-order valence-electron chi connectivity index (χ1n) is 10.5. The van der Waals surface area contributed by atoms with Crippen molar-refractivity contribution in [1.82, 2.24) is 10.2 Å². The number of nitrogens with one attached hydrogen (secondary N) is 1. The second-order valence-corrected chi connectivity index (χ2v) is 8.42. The molecule has 1 saturated heterocycles. The molecule has 3 amide bonds. The van der Waals surface area contributed by atoms with Crippen LogP contribution in [0.1, 0.15) is 31.9 Å². The lowest BCUT2D eigenvalue weighted by atomic mass is 9.91. The maximum Gasteiger partial charge on any atom is 0.325 e. The molecule has 1 atom stereocenters. The van der Waals surface area contributed by atoms with E-state index in [0.29, 0.717) is 55.0 Å². The highest BCUT2D eigenvalue weighted by Crippen LogP contribution is 2.39. The number of hydrogen-bond donors (Lipinski definition) is 1. The van der Waals surface area contributed by atoms with Crippen molar-refractivity contribution >= 4 is 27.9 Å². The van der Waals surface area contributed by atoms with Gasteiger partial charge in [0, 0.05) is 4.47 Å². The highest BCUT2D eigenvalue weighted by molar-refractivity contribution is 9.10. The number of carbonyl (C=O) groups excluding carboxylic acids is 2. The molecule has 0 spiro atoms. The van der Waals surface area contributed by atoms with Gasteiger partial charge in [0.25, 0.3) is 5.91 Å². The van der Waals surface area contributed by atoms with Crippen LogP contribution >= 0.6 is 15.9 Å². The fraction of sp³-hybridized carbons (Fsp3) is 0.391. The van der Waals surface area contributed by atoms with Gasteiger partial charge in [0.1, 0.15) is 18.8 Å². The summed E-state index contributed by atoms with van der Waals surface area (Å²) < 4.78 is 23.2. The standard InChI is InChI=1S/C23H25BrN2O6/c1-4-29-18-10-14(16(24)12-20(18)30-5-2)13-26-21(27)23(3,25-22(26)28)15-6-7-17-19(11-15)32-9-8-31-17/h6-7,10-12H,4-5,8-9,13H2,1-3H3,(H,25,28)/t23-/m1/s1. The van der Waals surface area contributed by atoms with E-state index in [9.17, 15) is 9.59 Å². The molecule has 0 radical (unpaired) electrons. The van der Waals surface area contributed by atoms with Gasteiger partial charge < -0.3 is 24.3 Å². The molecule has 4 rings (SSSR count). The zero-order valence-corrected chi connectivity index (χ0v) is 19.8. The molecule has 2 heterocycles. The molecular weight excluding hydrogens is 480 g/mol. The molecule has 170 valence electrons. The van der Waals surface area contributed by atoms with Gasteiger partial charge in [-0.25, -0.2) is 4.79 Å². The molecule has 0 aliphatic carbocycles. The predicted molar refractivity (Wildman–Crippen MR) is 120 cm³/mol. The summed E-state index contributed by atoms with van der Waals surface area (Å²) in [5.41, 5.74) is 0.142. The number of urea groups is 1. The summed E-state index contributed by atoms with van der Waals surface area (Å²) in [4.78, 5) is 27.4. The van der Waals surface area contributed by atoms with Crippen molar-refractivity contribution < 1.29 is 28.5 Å². The summed E-state index contributed by atoms with van der Waals surface area (Å²) in [6.45, 7) is 7.42. The van der Waals surface area contributed by atoms with E-state index in [2.05, 4.69) is 21.2 Å². The highest BCUT2D eigenvalue weighted by Gasteiger charge is 2.49. The van der Waals surface area contributed by atoms with Gasteiger partial charge in [0.15, 0.2) is 23.0 Å². The third-order valence-electron chi connectivity index (χ3n) is 5.44. The average Bonchev–Trinajstić information content (AvgIpc) is 3.00. The molecule has 0 unspecified atom stereocenters. The minimum atomic E-state index is -1.21. The first kappa shape index (κ1) is 22.3. The normalized spacial score (nSPS) is 19.7. The summed E-state index contributed by atoms with van der Waals surface area (Å²) in [5, 5.41) is 2.83. The number of hydrogen-bond acceptors (Lipinski definition) is 6. The SMILES string of the molecule is CCOc1cc(Br)c(CN2C(=O)N[C@](C)(c3ccc4c(c3)OCCO4)C2=O)cc1OCC. The Balaban J connectivity index is 1.62. The Bertz CT molecular complexity index is 1060. The van der Waals surface area contributed by atoms with Crippen LogP contribution in [-0.2, 0) is 16.9 Å². The molecule has 8 nitrogen and oxygen atoms in total. The number of carbonyl (C=O) groups is 2. The van der Waals surface area contributed by atoms with Crippen molar-refractivity contribution in [3.05, 3.63) is 45.9 Å². The fourth-order valence-electron chi connectivity index (χ4n) is 3.80. The van der Waals surface area contributed by atoms with Gasteiger partial charge >= 0.3 is 6.03 Å². The van der Waals surface area contributed by atoms with Gasteiger partial charge in [-0.15, -0.1) is 0 Å². The Morgan fingerprint density at radius 2 is 1.69 bits per heavy atom. The zero-order chi connectivity index (χ0) is 22.9. The highest BCUT2D eigenvalue weighted by atomic mass is 79.9. The van der Waals surface area contributed by atoms with Gasteiger partial charge in [0.05, 0.1) is 19.8 Å². The van der Waals surface area contributed by atoms with E-state index >= 15 is 0 Å².